The van der Waals surface area contributed by atoms with E-state index in [0.717, 1.165) is 0 Å². The highest BCUT2D eigenvalue weighted by molar-refractivity contribution is 5.97. The summed E-state index contributed by atoms with van der Waals surface area (Å²) in [6, 6.07) is 15.7. The third-order valence-corrected chi connectivity index (χ3v) is 3.94. The van der Waals surface area contributed by atoms with Gasteiger partial charge in [0.1, 0.15) is 17.2 Å². The monoisotopic (exact) mass is 400 g/mol. The first-order valence-corrected chi connectivity index (χ1v) is 8.71. The summed E-state index contributed by atoms with van der Waals surface area (Å²) in [7, 11) is 0. The summed E-state index contributed by atoms with van der Waals surface area (Å²) >= 11 is 0. The molecule has 0 aliphatic carbocycles. The van der Waals surface area contributed by atoms with Gasteiger partial charge < -0.3 is 19.9 Å². The van der Waals surface area contributed by atoms with Crippen LogP contribution in [0.25, 0.3) is 0 Å². The summed E-state index contributed by atoms with van der Waals surface area (Å²) < 4.78 is 34.3. The Bertz CT molecular complexity index is 937. The van der Waals surface area contributed by atoms with Gasteiger partial charge in [0.15, 0.2) is 0 Å². The van der Waals surface area contributed by atoms with Gasteiger partial charge in [-0.05, 0) is 42.0 Å². The molecule has 2 aromatic carbocycles. The van der Waals surface area contributed by atoms with Crippen molar-refractivity contribution in [1.29, 1.82) is 0 Å². The van der Waals surface area contributed by atoms with Crippen LogP contribution in [0.4, 0.5) is 8.78 Å². The molecule has 8 heteroatoms. The van der Waals surface area contributed by atoms with Crippen LogP contribution in [0.15, 0.2) is 73.1 Å². The largest absolute Gasteiger partial charge is 0.455 e. The second-order valence-electron chi connectivity index (χ2n) is 5.96. The average molecular weight is 400 g/mol. The van der Waals surface area contributed by atoms with E-state index in [2.05, 4.69) is 15.0 Å². The van der Waals surface area contributed by atoms with Gasteiger partial charge in [0.25, 0.3) is 5.91 Å². The molecule has 2 N–H and O–H groups in total. The Morgan fingerprint density at radius 2 is 1.79 bits per heavy atom. The fourth-order valence-electron chi connectivity index (χ4n) is 2.55. The first kappa shape index (κ1) is 20.2. The van der Waals surface area contributed by atoms with E-state index in [-0.39, 0.29) is 12.3 Å². The molecule has 1 atom stereocenters. The summed E-state index contributed by atoms with van der Waals surface area (Å²) in [6.45, 7) is -2.99. The summed E-state index contributed by atoms with van der Waals surface area (Å²) in [5.74, 6) is 0.391. The minimum atomic E-state index is -2.92. The van der Waals surface area contributed by atoms with E-state index >= 15 is 0 Å². The summed E-state index contributed by atoms with van der Waals surface area (Å²) in [6.07, 6.45) is 2.12. The van der Waals surface area contributed by atoms with Gasteiger partial charge in [-0.1, -0.05) is 24.3 Å². The van der Waals surface area contributed by atoms with E-state index in [0.29, 0.717) is 22.6 Å². The molecule has 0 aliphatic heterocycles. The van der Waals surface area contributed by atoms with Gasteiger partial charge >= 0.3 is 6.61 Å². The Hall–Kier alpha value is -3.52. The molecule has 150 valence electrons. The summed E-state index contributed by atoms with van der Waals surface area (Å²) in [5.41, 5.74) is 0.746. The van der Waals surface area contributed by atoms with Crippen LogP contribution in [0, 0.1) is 0 Å². The van der Waals surface area contributed by atoms with Crippen LogP contribution < -0.4 is 14.8 Å². The van der Waals surface area contributed by atoms with Crippen LogP contribution in [-0.4, -0.2) is 29.2 Å². The molecule has 1 aromatic heterocycles. The smallest absolute Gasteiger partial charge is 0.387 e. The Balaban J connectivity index is 1.62. The van der Waals surface area contributed by atoms with Crippen molar-refractivity contribution >= 4 is 5.91 Å². The molecule has 6 nitrogen and oxygen atoms in total. The van der Waals surface area contributed by atoms with Gasteiger partial charge in [0, 0.05) is 12.7 Å². The zero-order valence-electron chi connectivity index (χ0n) is 15.2. The van der Waals surface area contributed by atoms with E-state index in [9.17, 15) is 18.7 Å². The molecule has 0 saturated heterocycles. The zero-order valence-corrected chi connectivity index (χ0v) is 15.2. The van der Waals surface area contributed by atoms with Crippen LogP contribution in [0.1, 0.15) is 22.0 Å². The number of rotatable bonds is 8. The molecule has 0 saturated carbocycles. The van der Waals surface area contributed by atoms with Crippen LogP contribution in [0.3, 0.4) is 0 Å². The van der Waals surface area contributed by atoms with Crippen LogP contribution in [0.5, 0.6) is 17.2 Å². The molecule has 0 radical (unpaired) electrons. The predicted octanol–water partition coefficient (Wildman–Crippen LogP) is 3.94. The van der Waals surface area contributed by atoms with Gasteiger partial charge in [-0.2, -0.15) is 8.78 Å². The third-order valence-electron chi connectivity index (χ3n) is 3.94. The lowest BCUT2D eigenvalue weighted by atomic mass is 10.1. The number of nitrogens with one attached hydrogen (secondary N) is 1. The van der Waals surface area contributed by atoms with Crippen LogP contribution in [-0.2, 0) is 0 Å². The van der Waals surface area contributed by atoms with Crippen molar-refractivity contribution in [1.82, 2.24) is 10.3 Å². The lowest BCUT2D eigenvalue weighted by Gasteiger charge is -2.15. The Morgan fingerprint density at radius 3 is 2.48 bits per heavy atom. The summed E-state index contributed by atoms with van der Waals surface area (Å²) in [4.78, 5) is 16.5. The number of para-hydroxylation sites is 1. The Kier molecular flexibility index (Phi) is 6.70. The fraction of sp³-hybridized carbons (Fsp3) is 0.143. The number of pyridine rings is 1. The van der Waals surface area contributed by atoms with Crippen molar-refractivity contribution < 1.29 is 28.2 Å². The molecule has 3 rings (SSSR count). The van der Waals surface area contributed by atoms with E-state index < -0.39 is 18.6 Å². The van der Waals surface area contributed by atoms with Crippen LogP contribution in [0.2, 0.25) is 0 Å². The van der Waals surface area contributed by atoms with Crippen molar-refractivity contribution in [2.45, 2.75) is 12.7 Å². The zero-order chi connectivity index (χ0) is 20.6. The number of hydrogen-bond donors (Lipinski definition) is 2. The minimum absolute atomic E-state index is 0.0125. The molecular weight excluding hydrogens is 382 g/mol. The maximum absolute atomic E-state index is 12.5. The normalized spacial score (nSPS) is 11.7. The predicted molar refractivity (Wildman–Crippen MR) is 101 cm³/mol. The number of nitrogens with zero attached hydrogens (tertiary/aromatic N) is 1. The van der Waals surface area contributed by atoms with Crippen molar-refractivity contribution in [2.75, 3.05) is 6.54 Å². The second kappa shape index (κ2) is 9.61. The van der Waals surface area contributed by atoms with Gasteiger partial charge in [0.2, 0.25) is 0 Å². The lowest BCUT2D eigenvalue weighted by molar-refractivity contribution is -0.0498. The molecular formula is C21H18F2N2O4. The molecule has 3 aromatic rings. The van der Waals surface area contributed by atoms with Gasteiger partial charge in [0.05, 0.1) is 17.9 Å². The highest BCUT2D eigenvalue weighted by atomic mass is 19.3. The number of alkyl halides is 2. The first-order valence-electron chi connectivity index (χ1n) is 8.71. The molecule has 0 spiro atoms. The van der Waals surface area contributed by atoms with Crippen molar-refractivity contribution in [3.05, 3.63) is 84.2 Å². The minimum Gasteiger partial charge on any atom is -0.455 e. The van der Waals surface area contributed by atoms with E-state index in [1.165, 1.54) is 30.5 Å². The molecule has 0 aliphatic rings. The molecule has 1 heterocycles. The number of benzene rings is 2. The van der Waals surface area contributed by atoms with Crippen molar-refractivity contribution in [2.24, 2.45) is 0 Å². The number of hydrogen-bond acceptors (Lipinski definition) is 5. The average Bonchev–Trinajstić information content (AvgIpc) is 2.73. The number of ether oxygens (including phenoxy) is 2. The number of halogens is 2. The van der Waals surface area contributed by atoms with E-state index in [1.54, 1.807) is 42.6 Å². The Labute approximate surface area is 165 Å². The van der Waals surface area contributed by atoms with E-state index in [1.807, 2.05) is 0 Å². The number of aliphatic hydroxyl groups is 1. The molecule has 29 heavy (non-hydrogen) atoms. The molecule has 0 bridgehead atoms. The first-order chi connectivity index (χ1) is 14.0. The highest BCUT2D eigenvalue weighted by Crippen LogP contribution is 2.25. The van der Waals surface area contributed by atoms with Gasteiger partial charge in [-0.3, -0.25) is 9.78 Å². The second-order valence-corrected chi connectivity index (χ2v) is 5.96. The van der Waals surface area contributed by atoms with Gasteiger partial charge in [-0.15, -0.1) is 0 Å². The quantitative estimate of drug-likeness (QED) is 0.599. The lowest BCUT2D eigenvalue weighted by Crippen LogP contribution is -2.28. The maximum atomic E-state index is 12.5. The maximum Gasteiger partial charge on any atom is 0.387 e. The summed E-state index contributed by atoms with van der Waals surface area (Å²) in [5, 5.41) is 12.9. The molecule has 0 fully saturated rings. The van der Waals surface area contributed by atoms with Gasteiger partial charge in [-0.25, -0.2) is 0 Å². The number of aromatic nitrogens is 1. The molecule has 1 amide bonds. The number of aliphatic hydroxyl groups excluding tert-OH is 1. The SMILES string of the molecule is O=C(NCC(O)c1ccc(OC(F)F)cc1)c1ccccc1Oc1cccnc1. The highest BCUT2D eigenvalue weighted by Gasteiger charge is 2.15. The van der Waals surface area contributed by atoms with Crippen LogP contribution >= 0.6 is 0 Å². The number of carbonyl (C=O) groups excluding carboxylic acids is 1. The van der Waals surface area contributed by atoms with E-state index in [4.69, 9.17) is 4.74 Å². The Morgan fingerprint density at radius 1 is 1.03 bits per heavy atom. The number of carbonyl (C=O) groups is 1. The van der Waals surface area contributed by atoms with Crippen molar-refractivity contribution in [3.8, 4) is 17.2 Å². The topological polar surface area (TPSA) is 80.7 Å². The fourth-order valence-corrected chi connectivity index (χ4v) is 2.55. The standard InChI is InChI=1S/C21H18F2N2O4/c22-21(23)29-15-9-7-14(8-10-15)18(26)13-25-20(27)17-5-1-2-6-19(17)28-16-4-3-11-24-12-16/h1-12,18,21,26H,13H2,(H,25,27). The number of amides is 1. The van der Waals surface area contributed by atoms with Crippen molar-refractivity contribution in [3.63, 3.8) is 0 Å². The third kappa shape index (κ3) is 5.73. The molecule has 1 unspecified atom stereocenters.